The van der Waals surface area contributed by atoms with Crippen LogP contribution in [-0.4, -0.2) is 23.5 Å². The molecule has 0 atom stereocenters. The number of nitrogens with one attached hydrogen (secondary N) is 1. The van der Waals surface area contributed by atoms with Crippen molar-refractivity contribution in [2.45, 2.75) is 44.8 Å². The third-order valence-corrected chi connectivity index (χ3v) is 5.20. The highest BCUT2D eigenvalue weighted by Gasteiger charge is 2.14. The maximum atomic E-state index is 12.0. The monoisotopic (exact) mass is 277 g/mol. The zero-order chi connectivity index (χ0) is 13.7. The van der Waals surface area contributed by atoms with Gasteiger partial charge in [0.25, 0.3) is 5.91 Å². The fourth-order valence-corrected chi connectivity index (χ4v) is 3.65. The van der Waals surface area contributed by atoms with E-state index >= 15 is 0 Å². The van der Waals surface area contributed by atoms with E-state index in [1.807, 2.05) is 36.9 Å². The quantitative estimate of drug-likeness (QED) is 0.831. The molecule has 19 heavy (non-hydrogen) atoms. The molecule has 104 valence electrons. The highest BCUT2D eigenvalue weighted by atomic mass is 32.2. The van der Waals surface area contributed by atoms with E-state index in [4.69, 9.17) is 0 Å². The molecule has 1 saturated carbocycles. The molecule has 0 saturated heterocycles. The van der Waals surface area contributed by atoms with Gasteiger partial charge in [0.05, 0.1) is 0 Å². The molecule has 0 spiro atoms. The minimum atomic E-state index is 0.0510. The summed E-state index contributed by atoms with van der Waals surface area (Å²) < 4.78 is 0. The van der Waals surface area contributed by atoms with Crippen LogP contribution in [0.3, 0.4) is 0 Å². The van der Waals surface area contributed by atoms with Crippen LogP contribution in [0.25, 0.3) is 0 Å². The van der Waals surface area contributed by atoms with Crippen molar-refractivity contribution in [3.63, 3.8) is 0 Å². The van der Waals surface area contributed by atoms with Gasteiger partial charge in [-0.15, -0.1) is 0 Å². The Labute approximate surface area is 120 Å². The molecule has 1 amide bonds. The highest BCUT2D eigenvalue weighted by molar-refractivity contribution is 7.99. The third-order valence-electron chi connectivity index (χ3n) is 3.81. The van der Waals surface area contributed by atoms with Crippen LogP contribution >= 0.6 is 11.8 Å². The van der Waals surface area contributed by atoms with Crippen LogP contribution in [0.2, 0.25) is 0 Å². The Balaban J connectivity index is 1.72. The predicted octanol–water partition coefficient (Wildman–Crippen LogP) is 3.71. The van der Waals surface area contributed by atoms with Gasteiger partial charge in [0, 0.05) is 23.1 Å². The second-order valence-electron chi connectivity index (χ2n) is 5.33. The van der Waals surface area contributed by atoms with Gasteiger partial charge in [-0.05, 0) is 49.9 Å². The molecule has 3 heteroatoms. The molecule has 2 rings (SSSR count). The maximum absolute atomic E-state index is 12.0. The lowest BCUT2D eigenvalue weighted by atomic mass is 10.1. The first-order valence-corrected chi connectivity index (χ1v) is 8.19. The van der Waals surface area contributed by atoms with Crippen LogP contribution in [0.15, 0.2) is 18.2 Å². The molecule has 1 aromatic rings. The molecule has 0 heterocycles. The van der Waals surface area contributed by atoms with Crippen LogP contribution in [-0.2, 0) is 0 Å². The second kappa shape index (κ2) is 6.99. The van der Waals surface area contributed by atoms with E-state index in [0.717, 1.165) is 23.1 Å². The van der Waals surface area contributed by atoms with E-state index in [1.54, 1.807) is 0 Å². The van der Waals surface area contributed by atoms with Crippen LogP contribution < -0.4 is 5.32 Å². The summed E-state index contributed by atoms with van der Waals surface area (Å²) in [6.45, 7) is 4.88. The van der Waals surface area contributed by atoms with Crippen molar-refractivity contribution in [1.82, 2.24) is 5.32 Å². The molecule has 0 aromatic heterocycles. The molecule has 1 aliphatic rings. The van der Waals surface area contributed by atoms with Crippen molar-refractivity contribution in [3.05, 3.63) is 34.9 Å². The van der Waals surface area contributed by atoms with Crippen LogP contribution in [0.1, 0.15) is 47.2 Å². The first kappa shape index (κ1) is 14.4. The van der Waals surface area contributed by atoms with Crippen molar-refractivity contribution < 1.29 is 4.79 Å². The van der Waals surface area contributed by atoms with Gasteiger partial charge in [-0.1, -0.05) is 18.9 Å². The topological polar surface area (TPSA) is 29.1 Å². The summed E-state index contributed by atoms with van der Waals surface area (Å²) in [4.78, 5) is 12.0. The molecule has 0 aliphatic heterocycles. The van der Waals surface area contributed by atoms with Crippen molar-refractivity contribution >= 4 is 17.7 Å². The van der Waals surface area contributed by atoms with Crippen molar-refractivity contribution in [1.29, 1.82) is 0 Å². The molecule has 1 aliphatic carbocycles. The zero-order valence-electron chi connectivity index (χ0n) is 11.9. The van der Waals surface area contributed by atoms with Crippen molar-refractivity contribution in [2.75, 3.05) is 12.3 Å². The minimum absolute atomic E-state index is 0.0510. The molecular weight excluding hydrogens is 254 g/mol. The first-order chi connectivity index (χ1) is 9.16. The number of benzene rings is 1. The third kappa shape index (κ3) is 4.27. The lowest BCUT2D eigenvalue weighted by molar-refractivity contribution is 0.0956. The van der Waals surface area contributed by atoms with Crippen LogP contribution in [0.5, 0.6) is 0 Å². The summed E-state index contributed by atoms with van der Waals surface area (Å²) in [7, 11) is 0. The normalized spacial score (nSPS) is 15.7. The number of hydrogen-bond donors (Lipinski definition) is 1. The van der Waals surface area contributed by atoms with E-state index in [0.29, 0.717) is 0 Å². The van der Waals surface area contributed by atoms with Gasteiger partial charge < -0.3 is 5.32 Å². The Morgan fingerprint density at radius 3 is 2.68 bits per heavy atom. The van der Waals surface area contributed by atoms with E-state index in [-0.39, 0.29) is 5.91 Å². The lowest BCUT2D eigenvalue weighted by Gasteiger charge is -2.10. The average molecular weight is 277 g/mol. The predicted molar refractivity (Wildman–Crippen MR) is 83.0 cm³/mol. The summed E-state index contributed by atoms with van der Waals surface area (Å²) >= 11 is 2.01. The van der Waals surface area contributed by atoms with E-state index in [9.17, 15) is 4.79 Å². The lowest BCUT2D eigenvalue weighted by Crippen LogP contribution is -2.26. The standard InChI is InChI=1S/C16H23NOS/c1-12-7-8-14(11-13(12)2)16(18)17-9-10-19-15-5-3-4-6-15/h7-8,11,15H,3-6,9-10H2,1-2H3,(H,17,18). The fraction of sp³-hybridized carbons (Fsp3) is 0.562. The Morgan fingerprint density at radius 2 is 2.00 bits per heavy atom. The summed E-state index contributed by atoms with van der Waals surface area (Å²) in [5, 5.41) is 3.84. The van der Waals surface area contributed by atoms with Gasteiger partial charge in [-0.2, -0.15) is 11.8 Å². The van der Waals surface area contributed by atoms with Crippen molar-refractivity contribution in [2.24, 2.45) is 0 Å². The number of carbonyl (C=O) groups is 1. The van der Waals surface area contributed by atoms with E-state index in [2.05, 4.69) is 12.2 Å². The van der Waals surface area contributed by atoms with Gasteiger partial charge in [0.1, 0.15) is 0 Å². The molecule has 0 bridgehead atoms. The first-order valence-electron chi connectivity index (χ1n) is 7.14. The largest absolute Gasteiger partial charge is 0.351 e. The Hall–Kier alpha value is -0.960. The van der Waals surface area contributed by atoms with Gasteiger partial charge in [0.15, 0.2) is 0 Å². The molecule has 1 N–H and O–H groups in total. The molecule has 0 radical (unpaired) electrons. The molecule has 2 nitrogen and oxygen atoms in total. The minimum Gasteiger partial charge on any atom is -0.351 e. The Bertz CT molecular complexity index is 438. The zero-order valence-corrected chi connectivity index (χ0v) is 12.7. The number of carbonyl (C=O) groups excluding carboxylic acids is 1. The molecular formula is C16H23NOS. The number of hydrogen-bond acceptors (Lipinski definition) is 2. The summed E-state index contributed by atoms with van der Waals surface area (Å²) in [5.74, 6) is 1.08. The number of aryl methyl sites for hydroxylation is 2. The van der Waals surface area contributed by atoms with Crippen LogP contribution in [0, 0.1) is 13.8 Å². The number of rotatable bonds is 5. The van der Waals surface area contributed by atoms with Gasteiger partial charge in [-0.25, -0.2) is 0 Å². The smallest absolute Gasteiger partial charge is 0.251 e. The molecule has 0 unspecified atom stereocenters. The SMILES string of the molecule is Cc1ccc(C(=O)NCCSC2CCCC2)cc1C. The Morgan fingerprint density at radius 1 is 1.26 bits per heavy atom. The second-order valence-corrected chi connectivity index (χ2v) is 6.74. The summed E-state index contributed by atoms with van der Waals surface area (Å²) in [6.07, 6.45) is 5.48. The van der Waals surface area contributed by atoms with Gasteiger partial charge in [-0.3, -0.25) is 4.79 Å². The fourth-order valence-electron chi connectivity index (χ4n) is 2.43. The van der Waals surface area contributed by atoms with Crippen molar-refractivity contribution in [3.8, 4) is 0 Å². The maximum Gasteiger partial charge on any atom is 0.251 e. The van der Waals surface area contributed by atoms with E-state index in [1.165, 1.54) is 36.8 Å². The van der Waals surface area contributed by atoms with Gasteiger partial charge >= 0.3 is 0 Å². The molecule has 1 aromatic carbocycles. The summed E-state index contributed by atoms with van der Waals surface area (Å²) in [6, 6.07) is 5.88. The van der Waals surface area contributed by atoms with E-state index < -0.39 is 0 Å². The highest BCUT2D eigenvalue weighted by Crippen LogP contribution is 2.28. The summed E-state index contributed by atoms with van der Waals surface area (Å²) in [5.41, 5.74) is 3.18. The number of thioether (sulfide) groups is 1. The average Bonchev–Trinajstić information content (AvgIpc) is 2.91. The molecule has 1 fully saturated rings. The Kier molecular flexibility index (Phi) is 5.32. The number of amides is 1. The van der Waals surface area contributed by atoms with Crippen LogP contribution in [0.4, 0.5) is 0 Å². The van der Waals surface area contributed by atoms with Gasteiger partial charge in [0.2, 0.25) is 0 Å².